The summed E-state index contributed by atoms with van der Waals surface area (Å²) >= 11 is 0. The largest absolute Gasteiger partial charge is 0.359 e. The van der Waals surface area contributed by atoms with Crippen LogP contribution in [0.3, 0.4) is 0 Å². The van der Waals surface area contributed by atoms with Crippen molar-refractivity contribution in [3.63, 3.8) is 0 Å². The van der Waals surface area contributed by atoms with Gasteiger partial charge in [0.15, 0.2) is 0 Å². The Balaban J connectivity index is 0.00000120. The molecule has 1 aliphatic heterocycles. The van der Waals surface area contributed by atoms with E-state index in [0.29, 0.717) is 6.54 Å². The molecule has 1 aromatic heterocycles. The molecule has 5 heteroatoms. The van der Waals surface area contributed by atoms with E-state index in [4.69, 9.17) is 0 Å². The Kier molecular flexibility index (Phi) is 3.59. The number of H-pyrrole nitrogens is 1. The van der Waals surface area contributed by atoms with Gasteiger partial charge in [-0.1, -0.05) is 18.2 Å². The second-order valence-corrected chi connectivity index (χ2v) is 4.36. The Morgan fingerprint density at radius 1 is 1.39 bits per heavy atom. The van der Waals surface area contributed by atoms with Crippen molar-refractivity contribution < 1.29 is 4.79 Å². The Hall–Kier alpha value is -1.52. The first-order valence-corrected chi connectivity index (χ1v) is 5.83. The molecule has 0 saturated carbocycles. The van der Waals surface area contributed by atoms with E-state index in [2.05, 4.69) is 27.8 Å². The fraction of sp³-hybridized carbons (Fsp3) is 0.308. The Morgan fingerprint density at radius 3 is 2.94 bits per heavy atom. The second-order valence-electron chi connectivity index (χ2n) is 4.36. The summed E-state index contributed by atoms with van der Waals surface area (Å²) in [6, 6.07) is 8.15. The highest BCUT2D eigenvalue weighted by Crippen LogP contribution is 2.31. The number of nitrogens with one attached hydrogen (secondary N) is 3. The van der Waals surface area contributed by atoms with Crippen molar-refractivity contribution in [3.8, 4) is 0 Å². The van der Waals surface area contributed by atoms with Crippen LogP contribution in [0.5, 0.6) is 0 Å². The summed E-state index contributed by atoms with van der Waals surface area (Å²) in [5.41, 5.74) is 3.39. The van der Waals surface area contributed by atoms with Crippen LogP contribution in [0, 0.1) is 0 Å². The van der Waals surface area contributed by atoms with Gasteiger partial charge in [-0.3, -0.25) is 4.79 Å². The number of likely N-dealkylation sites (N-methyl/N-ethyl adjacent to an activating group) is 1. The molecule has 0 saturated heterocycles. The minimum absolute atomic E-state index is 0. The molecule has 1 aliphatic rings. The Bertz CT molecular complexity index is 579. The van der Waals surface area contributed by atoms with Gasteiger partial charge < -0.3 is 15.6 Å². The molecule has 0 radical (unpaired) electrons. The fourth-order valence-electron chi connectivity index (χ4n) is 2.60. The Labute approximate surface area is 112 Å². The highest BCUT2D eigenvalue weighted by atomic mass is 35.5. The lowest BCUT2D eigenvalue weighted by Gasteiger charge is -2.22. The number of para-hydroxylation sites is 1. The zero-order valence-electron chi connectivity index (χ0n) is 10.1. The van der Waals surface area contributed by atoms with Crippen LogP contribution in [0.25, 0.3) is 10.9 Å². The van der Waals surface area contributed by atoms with Crippen LogP contribution in [-0.4, -0.2) is 24.5 Å². The first kappa shape index (κ1) is 12.9. The van der Waals surface area contributed by atoms with Crippen molar-refractivity contribution in [2.75, 3.05) is 13.6 Å². The van der Waals surface area contributed by atoms with E-state index >= 15 is 0 Å². The summed E-state index contributed by atoms with van der Waals surface area (Å²) < 4.78 is 0. The lowest BCUT2D eigenvalue weighted by Crippen LogP contribution is -2.37. The molecular weight excluding hydrogens is 250 g/mol. The van der Waals surface area contributed by atoms with E-state index < -0.39 is 0 Å². The molecule has 2 heterocycles. The van der Waals surface area contributed by atoms with Gasteiger partial charge in [0.2, 0.25) is 5.91 Å². The molecule has 96 valence electrons. The van der Waals surface area contributed by atoms with Gasteiger partial charge in [-0.05, 0) is 11.6 Å². The normalized spacial score (nSPS) is 17.9. The van der Waals surface area contributed by atoms with Crippen LogP contribution in [0.15, 0.2) is 24.3 Å². The zero-order valence-corrected chi connectivity index (χ0v) is 10.9. The van der Waals surface area contributed by atoms with Gasteiger partial charge in [0, 0.05) is 36.7 Å². The minimum atomic E-state index is -0.0973. The summed E-state index contributed by atoms with van der Waals surface area (Å²) in [5, 5.41) is 7.18. The third-order valence-corrected chi connectivity index (χ3v) is 3.39. The SMILES string of the molecule is CNC(=O)C1CNCc2[nH]c3ccccc3c21.Cl. The first-order valence-electron chi connectivity index (χ1n) is 5.83. The lowest BCUT2D eigenvalue weighted by molar-refractivity contribution is -0.122. The van der Waals surface area contributed by atoms with Crippen molar-refractivity contribution in [1.82, 2.24) is 15.6 Å². The van der Waals surface area contributed by atoms with Crippen molar-refractivity contribution >= 4 is 29.2 Å². The smallest absolute Gasteiger partial charge is 0.228 e. The average Bonchev–Trinajstić information content (AvgIpc) is 2.76. The molecule has 4 nitrogen and oxygen atoms in total. The Morgan fingerprint density at radius 2 is 2.17 bits per heavy atom. The highest BCUT2D eigenvalue weighted by molar-refractivity contribution is 5.93. The number of carbonyl (C=O) groups excluding carboxylic acids is 1. The van der Waals surface area contributed by atoms with E-state index in [1.165, 1.54) is 0 Å². The molecule has 0 aliphatic carbocycles. The second kappa shape index (κ2) is 5.00. The molecular formula is C13H16ClN3O. The van der Waals surface area contributed by atoms with E-state index in [-0.39, 0.29) is 24.2 Å². The van der Waals surface area contributed by atoms with Crippen molar-refractivity contribution in [2.45, 2.75) is 12.5 Å². The summed E-state index contributed by atoms with van der Waals surface area (Å²) in [7, 11) is 1.69. The number of rotatable bonds is 1. The van der Waals surface area contributed by atoms with Crippen LogP contribution in [0.1, 0.15) is 17.2 Å². The predicted octanol–water partition coefficient (Wildman–Crippen LogP) is 1.52. The average molecular weight is 266 g/mol. The van der Waals surface area contributed by atoms with Gasteiger partial charge in [-0.15, -0.1) is 12.4 Å². The van der Waals surface area contributed by atoms with Gasteiger partial charge in [0.25, 0.3) is 0 Å². The molecule has 0 spiro atoms. The highest BCUT2D eigenvalue weighted by Gasteiger charge is 2.28. The summed E-state index contributed by atoms with van der Waals surface area (Å²) in [4.78, 5) is 15.3. The summed E-state index contributed by atoms with van der Waals surface area (Å²) in [6.45, 7) is 1.51. The fourth-order valence-corrected chi connectivity index (χ4v) is 2.60. The van der Waals surface area contributed by atoms with Gasteiger partial charge in [-0.2, -0.15) is 0 Å². The molecule has 3 N–H and O–H groups in total. The lowest BCUT2D eigenvalue weighted by atomic mass is 9.92. The number of amides is 1. The van der Waals surface area contributed by atoms with Crippen molar-refractivity contribution in [1.29, 1.82) is 0 Å². The maximum Gasteiger partial charge on any atom is 0.228 e. The minimum Gasteiger partial charge on any atom is -0.359 e. The van der Waals surface area contributed by atoms with Crippen molar-refractivity contribution in [2.24, 2.45) is 0 Å². The maximum absolute atomic E-state index is 11.9. The van der Waals surface area contributed by atoms with Gasteiger partial charge in [0.05, 0.1) is 5.92 Å². The molecule has 2 aromatic rings. The summed E-state index contributed by atoms with van der Waals surface area (Å²) in [6.07, 6.45) is 0. The van der Waals surface area contributed by atoms with Gasteiger partial charge in [0.1, 0.15) is 0 Å². The summed E-state index contributed by atoms with van der Waals surface area (Å²) in [5.74, 6) is -0.0249. The van der Waals surface area contributed by atoms with Crippen LogP contribution in [0.4, 0.5) is 0 Å². The van der Waals surface area contributed by atoms with E-state index in [9.17, 15) is 4.79 Å². The third-order valence-electron chi connectivity index (χ3n) is 3.39. The van der Waals surface area contributed by atoms with Gasteiger partial charge in [-0.25, -0.2) is 0 Å². The topological polar surface area (TPSA) is 56.9 Å². The van der Waals surface area contributed by atoms with Crippen LogP contribution in [0.2, 0.25) is 0 Å². The zero-order chi connectivity index (χ0) is 11.8. The standard InChI is InChI=1S/C13H15N3O.ClH/c1-14-13(17)9-6-15-7-11-12(9)8-4-2-3-5-10(8)16-11;/h2-5,9,15-16H,6-7H2,1H3,(H,14,17);1H. The molecule has 1 aromatic carbocycles. The quantitative estimate of drug-likeness (QED) is 0.732. The van der Waals surface area contributed by atoms with Crippen LogP contribution < -0.4 is 10.6 Å². The molecule has 1 atom stereocenters. The number of hydrogen-bond donors (Lipinski definition) is 3. The number of aromatic amines is 1. The van der Waals surface area contributed by atoms with E-state index in [0.717, 1.165) is 28.7 Å². The number of aromatic nitrogens is 1. The van der Waals surface area contributed by atoms with E-state index in [1.807, 2.05) is 12.1 Å². The number of hydrogen-bond acceptors (Lipinski definition) is 2. The van der Waals surface area contributed by atoms with Crippen LogP contribution in [-0.2, 0) is 11.3 Å². The van der Waals surface area contributed by atoms with Crippen LogP contribution >= 0.6 is 12.4 Å². The monoisotopic (exact) mass is 265 g/mol. The molecule has 18 heavy (non-hydrogen) atoms. The predicted molar refractivity (Wildman–Crippen MR) is 74.1 cm³/mol. The number of benzene rings is 1. The molecule has 0 bridgehead atoms. The maximum atomic E-state index is 11.9. The van der Waals surface area contributed by atoms with Crippen molar-refractivity contribution in [3.05, 3.63) is 35.5 Å². The number of fused-ring (bicyclic) bond motifs is 3. The third kappa shape index (κ3) is 1.87. The number of halogens is 1. The van der Waals surface area contributed by atoms with Gasteiger partial charge >= 0.3 is 0 Å². The first-order chi connectivity index (χ1) is 8.31. The molecule has 0 fully saturated rings. The van der Waals surface area contributed by atoms with E-state index in [1.54, 1.807) is 7.05 Å². The molecule has 3 rings (SSSR count). The molecule has 1 unspecified atom stereocenters. The molecule has 1 amide bonds. The number of carbonyl (C=O) groups is 1.